The Morgan fingerprint density at radius 3 is 1.08 bits per heavy atom. The minimum Gasteiger partial charge on any atom is -0.478 e. The van der Waals surface area contributed by atoms with Crippen LogP contribution in [0.2, 0.25) is 5.02 Å². The van der Waals surface area contributed by atoms with Crippen LogP contribution < -0.4 is 4.90 Å². The van der Waals surface area contributed by atoms with Crippen molar-refractivity contribution in [1.29, 1.82) is 0 Å². The molecule has 7 aliphatic heterocycles. The van der Waals surface area contributed by atoms with E-state index in [0.29, 0.717) is 70.6 Å². The molecule has 33 heteroatoms. The fourth-order valence-electron chi connectivity index (χ4n) is 14.0. The van der Waals surface area contributed by atoms with Crippen molar-refractivity contribution in [2.45, 2.75) is 206 Å². The van der Waals surface area contributed by atoms with Crippen LogP contribution in [0.5, 0.6) is 0 Å². The number of carboxylic acids is 1. The summed E-state index contributed by atoms with van der Waals surface area (Å²) in [6.07, 6.45) is 0.700. The Hall–Kier alpha value is -10.1. The number of esters is 1. The van der Waals surface area contributed by atoms with Crippen LogP contribution in [-0.2, 0) is 62.2 Å². The third-order valence-electron chi connectivity index (χ3n) is 20.5. The second-order valence-corrected chi connectivity index (χ2v) is 36.2. The highest BCUT2D eigenvalue weighted by molar-refractivity contribution is 9.10. The second kappa shape index (κ2) is 42.5. The molecule has 0 radical (unpaired) electrons. The number of nitrogens with zero attached hydrogens (tertiary/aromatic N) is 9. The van der Waals surface area contributed by atoms with Crippen LogP contribution in [0.3, 0.4) is 0 Å². The molecular weight excluding hydrogens is 1780 g/mol. The van der Waals surface area contributed by atoms with Gasteiger partial charge >= 0.3 is 18.0 Å². The molecule has 6 unspecified atom stereocenters. The number of carbonyl (C=O) groups is 5. The predicted octanol–water partition coefficient (Wildman–Crippen LogP) is 17.8. The average Bonchev–Trinajstić information content (AvgIpc) is 1.77. The zero-order chi connectivity index (χ0) is 91.2. The number of aliphatic hydroxyl groups is 1. The zero-order valence-corrected chi connectivity index (χ0v) is 77.9. The molecule has 8 heterocycles. The number of aromatic nitrogens is 1. The molecule has 29 nitrogen and oxygen atoms in total. The fraction of sp³-hybridized carbons (Fsp3) is 0.435. The number of oxime groups is 6. The van der Waals surface area contributed by atoms with Gasteiger partial charge in [0.1, 0.15) is 76.5 Å². The van der Waals surface area contributed by atoms with Crippen molar-refractivity contribution in [1.82, 2.24) is 9.88 Å². The van der Waals surface area contributed by atoms with Crippen molar-refractivity contribution in [3.8, 4) is 0 Å². The number of likely N-dealkylation sites (tertiary alicyclic amines) is 1. The van der Waals surface area contributed by atoms with E-state index in [9.17, 15) is 29.1 Å². The molecule has 14 rings (SSSR count). The van der Waals surface area contributed by atoms with Crippen LogP contribution in [0, 0.1) is 0 Å². The largest absolute Gasteiger partial charge is 0.478 e. The Labute approximate surface area is 756 Å². The molecule has 2 amide bonds. The van der Waals surface area contributed by atoms with E-state index in [1.807, 2.05) is 177 Å². The van der Waals surface area contributed by atoms with Gasteiger partial charge in [0.25, 0.3) is 11.1 Å². The van der Waals surface area contributed by atoms with Crippen LogP contribution in [0.25, 0.3) is 0 Å². The van der Waals surface area contributed by atoms with Gasteiger partial charge in [-0.15, -0.1) is 0 Å². The maximum Gasteiger partial charge on any atom is 0.410 e. The Morgan fingerprint density at radius 2 is 0.776 bits per heavy atom. The normalized spacial score (nSPS) is 21.4. The van der Waals surface area contributed by atoms with Gasteiger partial charge in [-0.1, -0.05) is 155 Å². The van der Waals surface area contributed by atoms with Gasteiger partial charge in [-0.05, 0) is 213 Å². The van der Waals surface area contributed by atoms with Crippen molar-refractivity contribution in [2.24, 2.45) is 30.9 Å². The van der Waals surface area contributed by atoms with E-state index in [0.717, 1.165) is 59.5 Å². The van der Waals surface area contributed by atoms with Gasteiger partial charge in [0.05, 0.1) is 29.3 Å². The molecule has 7 aromatic rings. The maximum absolute atomic E-state index is 14.0. The van der Waals surface area contributed by atoms with E-state index in [4.69, 9.17) is 85.8 Å². The molecule has 6 aromatic carbocycles. The highest BCUT2D eigenvalue weighted by Crippen LogP contribution is 2.37. The summed E-state index contributed by atoms with van der Waals surface area (Å²) < 4.78 is 39.6. The summed E-state index contributed by atoms with van der Waals surface area (Å²) in [5, 5.41) is 43.1. The molecule has 1 aromatic heterocycles. The molecule has 7 atom stereocenters. The number of piperidine rings is 1. The number of ether oxygens (including phenoxy) is 7. The van der Waals surface area contributed by atoms with Crippen LogP contribution in [0.1, 0.15) is 199 Å². The van der Waals surface area contributed by atoms with Gasteiger partial charge in [-0.2, -0.15) is 0 Å². The summed E-state index contributed by atoms with van der Waals surface area (Å²) >= 11 is 18.7. The third kappa shape index (κ3) is 24.8. The number of carbonyl (C=O) groups excluding carboxylic acids is 4. The van der Waals surface area contributed by atoms with E-state index in [1.54, 1.807) is 124 Å². The van der Waals surface area contributed by atoms with Crippen LogP contribution in [0.4, 0.5) is 10.6 Å². The molecule has 1 fully saturated rings. The lowest BCUT2D eigenvalue weighted by Gasteiger charge is -2.39. The van der Waals surface area contributed by atoms with Gasteiger partial charge < -0.3 is 77.3 Å². The number of carboxylic acid groups (broad SMARTS) is 1. The third-order valence-corrected chi connectivity index (χ3v) is 22.1. The van der Waals surface area contributed by atoms with Crippen molar-refractivity contribution < 1.29 is 96.4 Å². The molecule has 0 saturated carbocycles. The quantitative estimate of drug-likeness (QED) is 0.0632. The summed E-state index contributed by atoms with van der Waals surface area (Å²) in [5.41, 5.74) is 7.36. The first-order chi connectivity index (χ1) is 58.4. The number of rotatable bonds is 17. The van der Waals surface area contributed by atoms with E-state index in [-0.39, 0.29) is 61.4 Å². The van der Waals surface area contributed by atoms with Crippen molar-refractivity contribution >= 4 is 124 Å². The lowest BCUT2D eigenvalue weighted by atomic mass is 9.93. The summed E-state index contributed by atoms with van der Waals surface area (Å²) in [6, 6.07) is 46.2. The lowest BCUT2D eigenvalue weighted by molar-refractivity contribution is -0.0614. The SMILES string of the molecule is C.CC1(C)ON=C(c2ccc(Br)cc2)C1O.COC(=O)c1ccc(C2=NOC(C)(C)C2OC)cc1.COC1C(c2ccc(Br)cc2)=NOC1(C)C.COC1C(c2ccc(C(=O)Cl)cc2)=NOC1(C)C.COC1C(c2ccc(C(=O)N(c3ncccc3Cl)[C@@H]3CCCN(C(=O)OC(C)(C)C)C3)cc2)=NOC1(C)C.COC1C(c2ccc(C(=O)O)cc2)=NOC1(C)C. The predicted molar refractivity (Wildman–Crippen MR) is 486 cm³/mol. The number of methoxy groups -OCH3 is 6. The molecule has 0 spiro atoms. The molecule has 1 saturated heterocycles. The smallest absolute Gasteiger partial charge is 0.410 e. The number of halogens is 4. The summed E-state index contributed by atoms with van der Waals surface area (Å²) in [5.74, 6) is -1.22. The molecule has 7 aliphatic rings. The average molecular weight is 1890 g/mol. The number of anilines is 1. The first-order valence-electron chi connectivity index (χ1n) is 39.6. The summed E-state index contributed by atoms with van der Waals surface area (Å²) in [6.45, 7) is 29.2. The van der Waals surface area contributed by atoms with Crippen molar-refractivity contribution in [2.75, 3.05) is 60.6 Å². The first kappa shape index (κ1) is 100. The Bertz CT molecular complexity index is 5010. The second-order valence-electron chi connectivity index (χ2n) is 33.6. The molecule has 125 heavy (non-hydrogen) atoms. The number of amides is 2. The number of pyridine rings is 1. The first-order valence-corrected chi connectivity index (χ1v) is 42.0. The van der Waals surface area contributed by atoms with Crippen LogP contribution >= 0.6 is 55.1 Å². The van der Waals surface area contributed by atoms with E-state index >= 15 is 0 Å². The van der Waals surface area contributed by atoms with Crippen LogP contribution in [0.15, 0.2) is 204 Å². The Kier molecular flexibility index (Phi) is 34.1. The lowest BCUT2D eigenvalue weighted by Crippen LogP contribution is -2.53. The zero-order valence-electron chi connectivity index (χ0n) is 73.2. The summed E-state index contributed by atoms with van der Waals surface area (Å²) in [7, 11) is 9.49. The summed E-state index contributed by atoms with van der Waals surface area (Å²) in [4.78, 5) is 99.8. The van der Waals surface area contributed by atoms with Crippen LogP contribution in [-0.4, -0.2) is 221 Å². The molecule has 2 N–H and O–H groups in total. The standard InChI is InChI=1S/C28H35ClN4O5.C14H17NO4.C13H14ClNO3.C13H15NO4.C12H14BrNO2.C11H12BrNO2.CH4/c1-27(2,3)37-26(35)32-16-8-9-20(17-32)33(24-21(29)10-7-15-30-24)25(34)19-13-11-18(12-14-19)22-23(36-6)28(4,5)38-31-22;1-14(2)12(17-3)11(15-19-14)9-5-7-10(8-6-9)13(16)18-4;1-13(2)11(17-3)10(15-18-13)8-4-6-9(7-5-8)12(14)16;1-13(2)11(17-3)10(14-18-13)8-4-6-9(7-5-8)12(15)16;1-12(2)11(15-3)10(14-16-12)8-4-6-9(13)7-5-8;1-11(2)10(14)9(13-15-11)7-3-5-8(12)6-4-7;/h7,10-15,20,23H,8-9,16-17H2,1-6H3;5-8,12H,1-4H3;4-7,11H,1-3H3;4-7,11H,1-3H3,(H,15,16);4-7,11H,1-3H3;3-6,10,14H,1-2H3;1H4/t20-,23?;;;;;;/m1....../s1. The number of aliphatic hydroxyl groups excluding tert-OH is 1. The molecular formula is C92H111Br2Cl2N9O20. The highest BCUT2D eigenvalue weighted by Gasteiger charge is 2.48. The van der Waals surface area contributed by atoms with E-state index in [2.05, 4.69) is 72.5 Å². The highest BCUT2D eigenvalue weighted by atomic mass is 79.9. The van der Waals surface area contributed by atoms with Crippen molar-refractivity contribution in [3.63, 3.8) is 0 Å². The Morgan fingerprint density at radius 1 is 0.464 bits per heavy atom. The monoisotopic (exact) mass is 1890 g/mol. The molecule has 672 valence electrons. The van der Waals surface area contributed by atoms with Gasteiger partial charge in [0.15, 0.2) is 39.4 Å². The van der Waals surface area contributed by atoms with Gasteiger partial charge in [0, 0.05) is 108 Å². The maximum atomic E-state index is 14.0. The molecule has 0 bridgehead atoms. The number of aromatic carboxylic acids is 1. The number of benzene rings is 6. The fourth-order valence-corrected chi connectivity index (χ4v) is 14.9. The minimum absolute atomic E-state index is 0. The molecule has 0 aliphatic carbocycles. The number of hydrogen-bond donors (Lipinski definition) is 2. The topological polar surface area (TPSA) is 339 Å². The number of hydrogen-bond acceptors (Lipinski definition) is 26. The van der Waals surface area contributed by atoms with E-state index < -0.39 is 62.6 Å². The van der Waals surface area contributed by atoms with Gasteiger partial charge in [-0.3, -0.25) is 14.5 Å². The van der Waals surface area contributed by atoms with E-state index in [1.165, 1.54) is 19.2 Å². The van der Waals surface area contributed by atoms with Gasteiger partial charge in [0.2, 0.25) is 0 Å². The Balaban J connectivity index is 0.000000193. The van der Waals surface area contributed by atoms with Crippen molar-refractivity contribution in [3.05, 3.63) is 234 Å². The minimum atomic E-state index is -0.949. The van der Waals surface area contributed by atoms with Gasteiger partial charge in [-0.25, -0.2) is 19.4 Å².